The molecular formula is C10H15N3O4S. The second-order valence-electron chi connectivity index (χ2n) is 3.96. The van der Waals surface area contributed by atoms with Crippen LogP contribution in [0.25, 0.3) is 0 Å². The Labute approximate surface area is 106 Å². The highest BCUT2D eigenvalue weighted by molar-refractivity contribution is 8.24. The number of anilines is 1. The quantitative estimate of drug-likeness (QED) is 0.770. The van der Waals surface area contributed by atoms with E-state index in [2.05, 4.69) is 14.7 Å². The molecular weight excluding hydrogens is 258 g/mol. The van der Waals surface area contributed by atoms with Gasteiger partial charge in [0.1, 0.15) is 0 Å². The van der Waals surface area contributed by atoms with Crippen molar-refractivity contribution in [1.29, 1.82) is 0 Å². The summed E-state index contributed by atoms with van der Waals surface area (Å²) in [5.41, 5.74) is 0.294. The molecule has 0 radical (unpaired) electrons. The summed E-state index contributed by atoms with van der Waals surface area (Å²) in [7, 11) is -1.12. The molecule has 0 saturated carbocycles. The molecule has 1 aromatic heterocycles. The number of hydrogen-bond acceptors (Lipinski definition) is 7. The van der Waals surface area contributed by atoms with Crippen LogP contribution in [0.2, 0.25) is 0 Å². The molecule has 0 bridgehead atoms. The van der Waals surface area contributed by atoms with Gasteiger partial charge in [0.15, 0.2) is 0 Å². The number of rotatable bonds is 2. The summed E-state index contributed by atoms with van der Waals surface area (Å²) in [6, 6.07) is 0. The van der Waals surface area contributed by atoms with E-state index in [1.54, 1.807) is 0 Å². The van der Waals surface area contributed by atoms with Gasteiger partial charge >= 0.3 is 5.97 Å². The zero-order valence-corrected chi connectivity index (χ0v) is 10.8. The average Bonchev–Trinajstić information content (AvgIpc) is 2.38. The summed E-state index contributed by atoms with van der Waals surface area (Å²) in [5, 5.41) is 0. The van der Waals surface area contributed by atoms with Gasteiger partial charge in [0, 0.05) is 25.5 Å². The highest BCUT2D eigenvalue weighted by Gasteiger charge is 2.23. The minimum atomic E-state index is -2.42. The van der Waals surface area contributed by atoms with Gasteiger partial charge in [-0.1, -0.05) is 0 Å². The molecule has 7 nitrogen and oxygen atoms in total. The molecule has 2 N–H and O–H groups in total. The summed E-state index contributed by atoms with van der Waals surface area (Å²) in [6.45, 7) is 1.000. The lowest BCUT2D eigenvalue weighted by Crippen LogP contribution is -2.39. The molecule has 2 heterocycles. The molecule has 0 unspecified atom stereocenters. The molecule has 100 valence electrons. The van der Waals surface area contributed by atoms with Crippen molar-refractivity contribution in [3.05, 3.63) is 18.0 Å². The van der Waals surface area contributed by atoms with E-state index in [4.69, 9.17) is 0 Å². The van der Waals surface area contributed by atoms with E-state index in [9.17, 15) is 13.9 Å². The van der Waals surface area contributed by atoms with Gasteiger partial charge in [-0.3, -0.25) is 9.11 Å². The fourth-order valence-corrected chi connectivity index (χ4v) is 2.86. The largest absolute Gasteiger partial charge is 0.465 e. The lowest BCUT2D eigenvalue weighted by Gasteiger charge is -2.40. The van der Waals surface area contributed by atoms with Crippen molar-refractivity contribution >= 4 is 22.5 Å². The summed E-state index contributed by atoms with van der Waals surface area (Å²) in [6.07, 6.45) is 2.81. The zero-order chi connectivity index (χ0) is 13.2. The lowest BCUT2D eigenvalue weighted by atomic mass is 10.3. The van der Waals surface area contributed by atoms with Gasteiger partial charge in [0.05, 0.1) is 24.2 Å². The number of hydrogen-bond donors (Lipinski definition) is 2. The van der Waals surface area contributed by atoms with Crippen LogP contribution in [0.5, 0.6) is 0 Å². The van der Waals surface area contributed by atoms with Crippen LogP contribution in [0.15, 0.2) is 12.4 Å². The number of nitrogens with zero attached hydrogens (tertiary/aromatic N) is 3. The highest BCUT2D eigenvalue weighted by atomic mass is 32.3. The Hall–Kier alpha value is -1.38. The van der Waals surface area contributed by atoms with Crippen molar-refractivity contribution in [1.82, 2.24) is 9.97 Å². The van der Waals surface area contributed by atoms with Gasteiger partial charge < -0.3 is 9.64 Å². The fraction of sp³-hybridized carbons (Fsp3) is 0.500. The molecule has 1 aliphatic heterocycles. The van der Waals surface area contributed by atoms with Crippen molar-refractivity contribution in [2.45, 2.75) is 0 Å². The summed E-state index contributed by atoms with van der Waals surface area (Å²) in [5.74, 6) is 0.663. The Bertz CT molecular complexity index is 427. The molecule has 0 atom stereocenters. The average molecular weight is 273 g/mol. The van der Waals surface area contributed by atoms with E-state index >= 15 is 0 Å². The van der Waals surface area contributed by atoms with E-state index in [-0.39, 0.29) is 0 Å². The predicted octanol–water partition coefficient (Wildman–Crippen LogP) is 0.834. The van der Waals surface area contributed by atoms with E-state index < -0.39 is 16.6 Å². The number of methoxy groups -OCH3 is 1. The molecule has 0 spiro atoms. The fourth-order valence-electron chi connectivity index (χ4n) is 1.63. The van der Waals surface area contributed by atoms with E-state index in [1.165, 1.54) is 19.5 Å². The van der Waals surface area contributed by atoms with Gasteiger partial charge in [-0.05, 0) is 0 Å². The molecule has 18 heavy (non-hydrogen) atoms. The van der Waals surface area contributed by atoms with Gasteiger partial charge in [-0.25, -0.2) is 14.8 Å². The second kappa shape index (κ2) is 5.09. The van der Waals surface area contributed by atoms with Crippen molar-refractivity contribution in [2.24, 2.45) is 0 Å². The molecule has 0 amide bonds. The molecule has 0 aliphatic carbocycles. The van der Waals surface area contributed by atoms with Crippen LogP contribution < -0.4 is 4.90 Å². The molecule has 0 aromatic carbocycles. The number of carbonyl (C=O) groups is 1. The highest BCUT2D eigenvalue weighted by Crippen LogP contribution is 2.40. The van der Waals surface area contributed by atoms with Crippen LogP contribution in [0.4, 0.5) is 5.95 Å². The molecule has 2 rings (SSSR count). The first kappa shape index (κ1) is 13.1. The maximum atomic E-state index is 11.2. The van der Waals surface area contributed by atoms with Crippen LogP contribution in [-0.2, 0) is 4.74 Å². The van der Waals surface area contributed by atoms with Crippen LogP contribution >= 0.6 is 10.6 Å². The molecule has 1 saturated heterocycles. The van der Waals surface area contributed by atoms with E-state index in [0.29, 0.717) is 36.1 Å². The van der Waals surface area contributed by atoms with Crippen LogP contribution in [0.3, 0.4) is 0 Å². The number of ether oxygens (including phenoxy) is 1. The first-order valence-electron chi connectivity index (χ1n) is 5.41. The molecule has 8 heteroatoms. The van der Waals surface area contributed by atoms with Crippen LogP contribution in [0, 0.1) is 0 Å². The minimum Gasteiger partial charge on any atom is -0.465 e. The van der Waals surface area contributed by atoms with Gasteiger partial charge in [-0.15, -0.1) is 0 Å². The maximum Gasteiger partial charge on any atom is 0.341 e. The second-order valence-corrected chi connectivity index (χ2v) is 6.38. The molecule has 1 fully saturated rings. The predicted molar refractivity (Wildman–Crippen MR) is 68.2 cm³/mol. The molecule has 1 aliphatic rings. The van der Waals surface area contributed by atoms with Crippen molar-refractivity contribution in [3.8, 4) is 0 Å². The van der Waals surface area contributed by atoms with E-state index in [0.717, 1.165) is 0 Å². The Kier molecular flexibility index (Phi) is 3.69. The summed E-state index contributed by atoms with van der Waals surface area (Å²) < 4.78 is 23.5. The van der Waals surface area contributed by atoms with E-state index in [1.807, 2.05) is 4.90 Å². The third-order valence-electron chi connectivity index (χ3n) is 2.72. The van der Waals surface area contributed by atoms with Crippen molar-refractivity contribution in [3.63, 3.8) is 0 Å². The number of carbonyl (C=O) groups excluding carboxylic acids is 1. The van der Waals surface area contributed by atoms with Crippen molar-refractivity contribution in [2.75, 3.05) is 36.6 Å². The number of aromatic nitrogens is 2. The van der Waals surface area contributed by atoms with Crippen molar-refractivity contribution < 1.29 is 18.6 Å². The first-order valence-corrected chi connectivity index (χ1v) is 7.29. The maximum absolute atomic E-state index is 11.2. The Morgan fingerprint density at radius 2 is 1.89 bits per heavy atom. The zero-order valence-electron chi connectivity index (χ0n) is 9.94. The van der Waals surface area contributed by atoms with Gasteiger partial charge in [-0.2, -0.15) is 10.6 Å². The lowest BCUT2D eigenvalue weighted by molar-refractivity contribution is 0.0600. The Morgan fingerprint density at radius 3 is 2.39 bits per heavy atom. The minimum absolute atomic E-state index is 0.294. The topological polar surface area (TPSA) is 95.8 Å². The first-order chi connectivity index (χ1) is 8.52. The normalized spacial score (nSPS) is 20.3. The summed E-state index contributed by atoms with van der Waals surface area (Å²) >= 11 is 0. The third kappa shape index (κ3) is 2.89. The van der Waals surface area contributed by atoms with Gasteiger partial charge in [0.2, 0.25) is 5.95 Å². The monoisotopic (exact) mass is 273 g/mol. The third-order valence-corrected chi connectivity index (χ3v) is 4.39. The number of esters is 1. The van der Waals surface area contributed by atoms with Gasteiger partial charge in [0.25, 0.3) is 0 Å². The standard InChI is InChI=1S/C10H15N3O4S/c1-17-9(14)8-6-11-10(12-7-8)13-2-4-18(15,16)5-3-13/h6-7,15-16H,2-5H2,1H3. The van der Waals surface area contributed by atoms with Crippen LogP contribution in [0.1, 0.15) is 10.4 Å². The Morgan fingerprint density at radius 1 is 1.33 bits per heavy atom. The Balaban J connectivity index is 2.04. The van der Waals surface area contributed by atoms with Crippen LogP contribution in [-0.4, -0.2) is 56.7 Å². The smallest absolute Gasteiger partial charge is 0.341 e. The molecule has 1 aromatic rings. The summed E-state index contributed by atoms with van der Waals surface area (Å²) in [4.78, 5) is 21.2. The SMILES string of the molecule is COC(=O)c1cnc(N2CCS(O)(O)CC2)nc1.